The molecule has 0 aliphatic carbocycles. The Labute approximate surface area is 232 Å². The molecule has 4 heterocycles. The third-order valence-electron chi connectivity index (χ3n) is 6.76. The number of phenols is 1. The average molecular weight is 557 g/mol. The SMILES string of the molecule is CCOc1cc(C2C(=C(O)c3c(C)nc4ccccn34)C(=O)C(=O)N2c2nc3ccc(OC)cc3s2)ccc1O. The second-order valence-corrected chi connectivity index (χ2v) is 10.1. The van der Waals surface area contributed by atoms with Crippen molar-refractivity contribution >= 4 is 49.8 Å². The van der Waals surface area contributed by atoms with Crippen molar-refractivity contribution in [2.45, 2.75) is 19.9 Å². The number of aliphatic hydroxyl groups excluding tert-OH is 1. The average Bonchev–Trinajstić information content (AvgIpc) is 3.60. The van der Waals surface area contributed by atoms with Crippen LogP contribution in [0.25, 0.3) is 21.6 Å². The van der Waals surface area contributed by atoms with Gasteiger partial charge in [0.15, 0.2) is 22.4 Å². The summed E-state index contributed by atoms with van der Waals surface area (Å²) in [6, 6.07) is 14.2. The van der Waals surface area contributed by atoms with Gasteiger partial charge < -0.3 is 19.7 Å². The van der Waals surface area contributed by atoms with E-state index in [1.807, 2.05) is 6.07 Å². The summed E-state index contributed by atoms with van der Waals surface area (Å²) < 4.78 is 13.3. The number of phenolic OH excluding ortho intramolecular Hbond substituents is 1. The van der Waals surface area contributed by atoms with Gasteiger partial charge in [-0.1, -0.05) is 23.5 Å². The van der Waals surface area contributed by atoms with Crippen LogP contribution in [-0.2, 0) is 9.59 Å². The number of thiazole rings is 1. The summed E-state index contributed by atoms with van der Waals surface area (Å²) in [7, 11) is 1.56. The monoisotopic (exact) mass is 556 g/mol. The van der Waals surface area contributed by atoms with Gasteiger partial charge in [-0.25, -0.2) is 9.97 Å². The van der Waals surface area contributed by atoms with Gasteiger partial charge in [-0.05, 0) is 61.9 Å². The molecule has 1 atom stereocenters. The van der Waals surface area contributed by atoms with E-state index in [1.165, 1.54) is 22.3 Å². The highest BCUT2D eigenvalue weighted by Crippen LogP contribution is 2.46. The molecule has 1 saturated heterocycles. The van der Waals surface area contributed by atoms with Crippen molar-refractivity contribution in [1.82, 2.24) is 14.4 Å². The predicted molar refractivity (Wildman–Crippen MR) is 150 cm³/mol. The number of nitrogens with zero attached hydrogens (tertiary/aromatic N) is 4. The molecule has 40 heavy (non-hydrogen) atoms. The number of ketones is 1. The first kappa shape index (κ1) is 25.4. The van der Waals surface area contributed by atoms with Crippen LogP contribution in [0.15, 0.2) is 66.4 Å². The Morgan fingerprint density at radius 3 is 2.70 bits per heavy atom. The Kier molecular flexibility index (Phi) is 6.15. The Bertz CT molecular complexity index is 1860. The molecule has 2 N–H and O–H groups in total. The Morgan fingerprint density at radius 2 is 1.93 bits per heavy atom. The molecule has 202 valence electrons. The minimum absolute atomic E-state index is 0.0905. The lowest BCUT2D eigenvalue weighted by molar-refractivity contribution is -0.132. The molecule has 6 rings (SSSR count). The Morgan fingerprint density at radius 1 is 1.10 bits per heavy atom. The molecule has 11 heteroatoms. The van der Waals surface area contributed by atoms with E-state index in [4.69, 9.17) is 9.47 Å². The highest BCUT2D eigenvalue weighted by molar-refractivity contribution is 7.22. The van der Waals surface area contributed by atoms with Gasteiger partial charge in [0.05, 0.1) is 41.2 Å². The van der Waals surface area contributed by atoms with Crippen LogP contribution in [0.1, 0.15) is 29.9 Å². The zero-order valence-corrected chi connectivity index (χ0v) is 22.6. The van der Waals surface area contributed by atoms with E-state index in [0.29, 0.717) is 33.9 Å². The minimum Gasteiger partial charge on any atom is -0.505 e. The summed E-state index contributed by atoms with van der Waals surface area (Å²) in [5, 5.41) is 22.3. The second-order valence-electron chi connectivity index (χ2n) is 9.13. The molecule has 0 spiro atoms. The highest BCUT2D eigenvalue weighted by Gasteiger charge is 2.49. The number of benzene rings is 2. The molecule has 5 aromatic rings. The smallest absolute Gasteiger partial charge is 0.301 e. The highest BCUT2D eigenvalue weighted by atomic mass is 32.1. The van der Waals surface area contributed by atoms with Crippen LogP contribution >= 0.6 is 11.3 Å². The van der Waals surface area contributed by atoms with E-state index in [1.54, 1.807) is 74.0 Å². The third kappa shape index (κ3) is 3.93. The van der Waals surface area contributed by atoms with Crippen molar-refractivity contribution in [3.05, 3.63) is 83.3 Å². The zero-order valence-electron chi connectivity index (χ0n) is 21.8. The van der Waals surface area contributed by atoms with Gasteiger partial charge in [0, 0.05) is 6.20 Å². The predicted octanol–water partition coefficient (Wildman–Crippen LogP) is 4.99. The number of aromatic nitrogens is 3. The van der Waals surface area contributed by atoms with Gasteiger partial charge in [-0.15, -0.1) is 0 Å². The lowest BCUT2D eigenvalue weighted by Gasteiger charge is -2.23. The molecule has 0 radical (unpaired) electrons. The molecule has 3 aromatic heterocycles. The van der Waals surface area contributed by atoms with Gasteiger partial charge in [0.25, 0.3) is 5.78 Å². The van der Waals surface area contributed by atoms with Crippen LogP contribution in [0.3, 0.4) is 0 Å². The van der Waals surface area contributed by atoms with Crippen molar-refractivity contribution in [2.24, 2.45) is 0 Å². The molecule has 2 aromatic carbocycles. The van der Waals surface area contributed by atoms with E-state index < -0.39 is 17.7 Å². The Balaban J connectivity index is 1.61. The normalized spacial score (nSPS) is 16.8. The van der Waals surface area contributed by atoms with E-state index >= 15 is 0 Å². The summed E-state index contributed by atoms with van der Waals surface area (Å²) in [5.41, 5.74) is 2.32. The van der Waals surface area contributed by atoms with Crippen molar-refractivity contribution < 1.29 is 29.3 Å². The first-order valence-corrected chi connectivity index (χ1v) is 13.3. The summed E-state index contributed by atoms with van der Waals surface area (Å²) in [4.78, 5) is 37.8. The molecule has 1 aliphatic rings. The second kappa shape index (κ2) is 9.69. The number of pyridine rings is 1. The van der Waals surface area contributed by atoms with Gasteiger partial charge in [-0.2, -0.15) is 0 Å². The summed E-state index contributed by atoms with van der Waals surface area (Å²) in [6.07, 6.45) is 1.73. The van der Waals surface area contributed by atoms with Crippen molar-refractivity contribution in [1.29, 1.82) is 0 Å². The lowest BCUT2D eigenvalue weighted by Crippen LogP contribution is -2.29. The maximum absolute atomic E-state index is 13.7. The molecule has 1 amide bonds. The number of hydrogen-bond donors (Lipinski definition) is 2. The van der Waals surface area contributed by atoms with Crippen molar-refractivity contribution in [3.8, 4) is 17.2 Å². The Hall–Kier alpha value is -4.90. The topological polar surface area (TPSA) is 126 Å². The number of Topliss-reactive ketones (excluding diaryl/α,β-unsaturated/α-hetero) is 1. The molecular formula is C29H24N4O6S. The number of anilines is 1. The maximum Gasteiger partial charge on any atom is 0.301 e. The number of carbonyl (C=O) groups excluding carboxylic acids is 2. The standard InChI is InChI=1S/C29H24N4O6S/c1-4-39-20-13-16(8-11-19(20)34)25-23(26(35)24-15(2)30-22-7-5-6-12-32(22)24)27(36)28(37)33(25)29-31-18-10-9-17(38-3)14-21(18)40-29/h5-14,25,34-35H,4H2,1-3H3. The van der Waals surface area contributed by atoms with Gasteiger partial charge >= 0.3 is 5.91 Å². The van der Waals surface area contributed by atoms with Gasteiger partial charge in [0.2, 0.25) is 0 Å². The first-order valence-electron chi connectivity index (χ1n) is 12.5. The maximum atomic E-state index is 13.7. The third-order valence-corrected chi connectivity index (χ3v) is 7.78. The molecule has 1 fully saturated rings. The number of aromatic hydroxyl groups is 1. The number of methoxy groups -OCH3 is 1. The van der Waals surface area contributed by atoms with Crippen molar-refractivity contribution in [3.63, 3.8) is 0 Å². The number of rotatable bonds is 6. The van der Waals surface area contributed by atoms with Crippen LogP contribution < -0.4 is 14.4 Å². The van der Waals surface area contributed by atoms with E-state index in [0.717, 1.165) is 4.70 Å². The van der Waals surface area contributed by atoms with Gasteiger partial charge in [-0.3, -0.25) is 18.9 Å². The van der Waals surface area contributed by atoms with Crippen LogP contribution in [0, 0.1) is 6.92 Å². The fourth-order valence-electron chi connectivity index (χ4n) is 4.97. The fraction of sp³-hybridized carbons (Fsp3) is 0.172. The van der Waals surface area contributed by atoms with E-state index in [2.05, 4.69) is 9.97 Å². The fourth-order valence-corrected chi connectivity index (χ4v) is 5.99. The molecule has 0 bridgehead atoms. The molecule has 0 saturated carbocycles. The number of fused-ring (bicyclic) bond motifs is 2. The van der Waals surface area contributed by atoms with Crippen molar-refractivity contribution in [2.75, 3.05) is 18.6 Å². The summed E-state index contributed by atoms with van der Waals surface area (Å²) in [6.45, 7) is 3.79. The van der Waals surface area contributed by atoms with Crippen LogP contribution in [0.4, 0.5) is 5.13 Å². The van der Waals surface area contributed by atoms with E-state index in [9.17, 15) is 19.8 Å². The summed E-state index contributed by atoms with van der Waals surface area (Å²) >= 11 is 1.22. The number of ether oxygens (including phenoxy) is 2. The largest absolute Gasteiger partial charge is 0.505 e. The van der Waals surface area contributed by atoms with Crippen LogP contribution in [-0.4, -0.2) is 50.0 Å². The molecule has 10 nitrogen and oxygen atoms in total. The number of aryl methyl sites for hydroxylation is 1. The number of imidazole rings is 1. The van der Waals surface area contributed by atoms with Crippen LogP contribution in [0.2, 0.25) is 0 Å². The minimum atomic E-state index is -1.06. The van der Waals surface area contributed by atoms with Crippen LogP contribution in [0.5, 0.6) is 17.2 Å². The number of carbonyl (C=O) groups is 2. The summed E-state index contributed by atoms with van der Waals surface area (Å²) in [5.74, 6) is -1.34. The first-order chi connectivity index (χ1) is 19.3. The number of hydrogen-bond acceptors (Lipinski definition) is 9. The quantitative estimate of drug-likeness (QED) is 0.170. The van der Waals surface area contributed by atoms with Gasteiger partial charge in [0.1, 0.15) is 17.1 Å². The zero-order chi connectivity index (χ0) is 28.1. The van der Waals surface area contributed by atoms with E-state index in [-0.39, 0.29) is 34.6 Å². The molecule has 1 unspecified atom stereocenters. The molecule has 1 aliphatic heterocycles. The number of aliphatic hydroxyl groups is 1. The number of amides is 1. The lowest BCUT2D eigenvalue weighted by atomic mass is 9.96. The molecular weight excluding hydrogens is 532 g/mol.